The van der Waals surface area contributed by atoms with Crippen molar-refractivity contribution in [2.24, 2.45) is 0 Å². The number of amides is 1. The van der Waals surface area contributed by atoms with E-state index >= 15 is 0 Å². The van der Waals surface area contributed by atoms with Crippen LogP contribution in [-0.4, -0.2) is 10.9 Å². The predicted octanol–water partition coefficient (Wildman–Crippen LogP) is 7.88. The molecular formula is C32H28N2O. The number of fused-ring (bicyclic) bond motifs is 4. The zero-order valence-corrected chi connectivity index (χ0v) is 20.2. The normalized spacial score (nSPS) is 15.1. The van der Waals surface area contributed by atoms with Gasteiger partial charge in [-0.2, -0.15) is 0 Å². The van der Waals surface area contributed by atoms with Crippen molar-refractivity contribution < 1.29 is 4.79 Å². The molecule has 3 nitrogen and oxygen atoms in total. The highest BCUT2D eigenvalue weighted by Crippen LogP contribution is 2.48. The minimum atomic E-state index is -0.243. The van der Waals surface area contributed by atoms with Crippen molar-refractivity contribution in [2.75, 3.05) is 4.90 Å². The molecule has 1 atom stereocenters. The van der Waals surface area contributed by atoms with Gasteiger partial charge in [-0.3, -0.25) is 9.69 Å². The van der Waals surface area contributed by atoms with Gasteiger partial charge in [-0.25, -0.2) is 0 Å². The third-order valence-electron chi connectivity index (χ3n) is 7.10. The number of carbonyl (C=O) groups is 1. The molecule has 0 radical (unpaired) electrons. The maximum atomic E-state index is 14.3. The quantitative estimate of drug-likeness (QED) is 0.288. The SMILES string of the molecule is CC(C)(C)c1ccc(C(=O)N2c3ccccc3-c3ccccc3C2c2c[nH]c3ccccc23)cc1. The van der Waals surface area contributed by atoms with Gasteiger partial charge in [-0.05, 0) is 46.4 Å². The van der Waals surface area contributed by atoms with E-state index in [1.807, 2.05) is 35.2 Å². The van der Waals surface area contributed by atoms with Crippen LogP contribution in [0.1, 0.15) is 53.9 Å². The van der Waals surface area contributed by atoms with Crippen LogP contribution in [0.5, 0.6) is 0 Å². The Morgan fingerprint density at radius 1 is 0.743 bits per heavy atom. The summed E-state index contributed by atoms with van der Waals surface area (Å²) in [6.07, 6.45) is 2.06. The van der Waals surface area contributed by atoms with Crippen LogP contribution >= 0.6 is 0 Å². The highest BCUT2D eigenvalue weighted by molar-refractivity contribution is 6.11. The summed E-state index contributed by atoms with van der Waals surface area (Å²) in [5, 5.41) is 1.13. The zero-order chi connectivity index (χ0) is 24.2. The summed E-state index contributed by atoms with van der Waals surface area (Å²) in [5.41, 5.74) is 8.43. The fourth-order valence-corrected chi connectivity index (χ4v) is 5.28. The summed E-state index contributed by atoms with van der Waals surface area (Å²) < 4.78 is 0. The first-order valence-electron chi connectivity index (χ1n) is 12.1. The average molecular weight is 457 g/mol. The van der Waals surface area contributed by atoms with E-state index in [4.69, 9.17) is 0 Å². The second-order valence-electron chi connectivity index (χ2n) is 10.3. The van der Waals surface area contributed by atoms with Crippen LogP contribution in [-0.2, 0) is 5.41 Å². The lowest BCUT2D eigenvalue weighted by molar-refractivity contribution is 0.0980. The van der Waals surface area contributed by atoms with E-state index in [0.29, 0.717) is 5.56 Å². The fourth-order valence-electron chi connectivity index (χ4n) is 5.28. The van der Waals surface area contributed by atoms with E-state index in [1.54, 1.807) is 0 Å². The first-order valence-corrected chi connectivity index (χ1v) is 12.1. The van der Waals surface area contributed by atoms with Crippen molar-refractivity contribution >= 4 is 22.5 Å². The van der Waals surface area contributed by atoms with E-state index in [1.165, 1.54) is 11.1 Å². The molecule has 0 spiro atoms. The van der Waals surface area contributed by atoms with Gasteiger partial charge in [-0.15, -0.1) is 0 Å². The molecule has 172 valence electrons. The van der Waals surface area contributed by atoms with E-state index in [-0.39, 0.29) is 17.4 Å². The van der Waals surface area contributed by atoms with Gasteiger partial charge in [-0.1, -0.05) is 93.6 Å². The molecule has 0 saturated carbocycles. The van der Waals surface area contributed by atoms with E-state index in [2.05, 4.69) is 98.7 Å². The number of hydrogen-bond donors (Lipinski definition) is 1. The maximum Gasteiger partial charge on any atom is 0.259 e. The van der Waals surface area contributed by atoms with Crippen LogP contribution in [0.15, 0.2) is 103 Å². The lowest BCUT2D eigenvalue weighted by atomic mass is 9.84. The molecule has 1 aliphatic heterocycles. The zero-order valence-electron chi connectivity index (χ0n) is 20.2. The third-order valence-corrected chi connectivity index (χ3v) is 7.10. The topological polar surface area (TPSA) is 36.1 Å². The molecule has 0 bridgehead atoms. The van der Waals surface area contributed by atoms with Crippen molar-refractivity contribution in [2.45, 2.75) is 32.2 Å². The Bertz CT molecular complexity index is 1550. The Morgan fingerprint density at radius 3 is 2.17 bits per heavy atom. The molecule has 5 aromatic rings. The van der Waals surface area contributed by atoms with Crippen LogP contribution in [0.2, 0.25) is 0 Å². The number of benzene rings is 4. The molecule has 0 fully saturated rings. The monoisotopic (exact) mass is 456 g/mol. The number of aromatic nitrogens is 1. The molecule has 1 N–H and O–H groups in total. The third kappa shape index (κ3) is 3.47. The Kier molecular flexibility index (Phi) is 4.89. The Labute approximate surface area is 206 Å². The number of nitrogens with one attached hydrogen (secondary N) is 1. The molecule has 1 aliphatic rings. The first-order chi connectivity index (χ1) is 16.9. The smallest absolute Gasteiger partial charge is 0.259 e. The van der Waals surface area contributed by atoms with Crippen molar-refractivity contribution in [1.82, 2.24) is 4.98 Å². The Hall–Kier alpha value is -4.11. The highest BCUT2D eigenvalue weighted by atomic mass is 16.2. The predicted molar refractivity (Wildman–Crippen MR) is 144 cm³/mol. The minimum Gasteiger partial charge on any atom is -0.361 e. The molecule has 0 saturated heterocycles. The van der Waals surface area contributed by atoms with Crippen molar-refractivity contribution in [1.29, 1.82) is 0 Å². The van der Waals surface area contributed by atoms with E-state index in [0.717, 1.165) is 33.3 Å². The standard InChI is InChI=1S/C32H28N2O/c1-32(2,3)22-18-16-21(17-19-22)31(35)34-29-15-9-7-12-25(29)23-10-4-5-13-26(23)30(34)27-20-33-28-14-8-6-11-24(27)28/h4-20,30,33H,1-3H3. The van der Waals surface area contributed by atoms with Gasteiger partial charge >= 0.3 is 0 Å². The van der Waals surface area contributed by atoms with Crippen LogP contribution < -0.4 is 4.90 Å². The molecule has 1 amide bonds. The Balaban J connectivity index is 1.57. The van der Waals surface area contributed by atoms with Crippen molar-refractivity contribution in [3.63, 3.8) is 0 Å². The van der Waals surface area contributed by atoms with Crippen molar-refractivity contribution in [3.8, 4) is 11.1 Å². The molecule has 1 unspecified atom stereocenters. The number of anilines is 1. The second-order valence-corrected chi connectivity index (χ2v) is 10.3. The van der Waals surface area contributed by atoms with Gasteiger partial charge < -0.3 is 4.98 Å². The van der Waals surface area contributed by atoms with Crippen LogP contribution in [0, 0.1) is 0 Å². The number of rotatable bonds is 2. The summed E-state index contributed by atoms with van der Waals surface area (Å²) in [6, 6.07) is 32.9. The Morgan fingerprint density at radius 2 is 1.40 bits per heavy atom. The number of para-hydroxylation sites is 2. The molecule has 1 aromatic heterocycles. The molecule has 35 heavy (non-hydrogen) atoms. The van der Waals surface area contributed by atoms with Crippen molar-refractivity contribution in [3.05, 3.63) is 126 Å². The number of hydrogen-bond acceptors (Lipinski definition) is 1. The van der Waals surface area contributed by atoms with Crippen LogP contribution in [0.25, 0.3) is 22.0 Å². The number of H-pyrrole nitrogens is 1. The van der Waals surface area contributed by atoms with Gasteiger partial charge in [0.05, 0.1) is 11.7 Å². The van der Waals surface area contributed by atoms with Gasteiger partial charge in [0.15, 0.2) is 0 Å². The molecule has 2 heterocycles. The molecule has 3 heteroatoms. The molecule has 0 aliphatic carbocycles. The summed E-state index contributed by atoms with van der Waals surface area (Å²) in [4.78, 5) is 19.7. The highest BCUT2D eigenvalue weighted by Gasteiger charge is 2.37. The number of nitrogens with zero attached hydrogens (tertiary/aromatic N) is 1. The summed E-state index contributed by atoms with van der Waals surface area (Å²) >= 11 is 0. The largest absolute Gasteiger partial charge is 0.361 e. The number of carbonyl (C=O) groups excluding carboxylic acids is 1. The van der Waals surface area contributed by atoms with Gasteiger partial charge in [0.2, 0.25) is 0 Å². The molecule has 4 aromatic carbocycles. The lowest BCUT2D eigenvalue weighted by Gasteiger charge is -2.39. The lowest BCUT2D eigenvalue weighted by Crippen LogP contribution is -2.38. The summed E-state index contributed by atoms with van der Waals surface area (Å²) in [5.74, 6) is 0.00249. The van der Waals surface area contributed by atoms with Crippen LogP contribution in [0.3, 0.4) is 0 Å². The number of aromatic amines is 1. The van der Waals surface area contributed by atoms with Gasteiger partial charge in [0.25, 0.3) is 5.91 Å². The maximum absolute atomic E-state index is 14.3. The minimum absolute atomic E-state index is 0.00249. The average Bonchev–Trinajstić information content (AvgIpc) is 3.31. The fraction of sp³-hybridized carbons (Fsp3) is 0.156. The summed E-state index contributed by atoms with van der Waals surface area (Å²) in [6.45, 7) is 6.57. The van der Waals surface area contributed by atoms with Gasteiger partial charge in [0.1, 0.15) is 0 Å². The summed E-state index contributed by atoms with van der Waals surface area (Å²) in [7, 11) is 0. The first kappa shape index (κ1) is 21.4. The molecule has 6 rings (SSSR count). The molecular weight excluding hydrogens is 428 g/mol. The second kappa shape index (κ2) is 7.99. The van der Waals surface area contributed by atoms with E-state index < -0.39 is 0 Å². The van der Waals surface area contributed by atoms with Gasteiger partial charge in [0, 0.05) is 33.8 Å². The van der Waals surface area contributed by atoms with Crippen LogP contribution in [0.4, 0.5) is 5.69 Å². The van der Waals surface area contributed by atoms with E-state index in [9.17, 15) is 4.79 Å².